The molecule has 2 fully saturated rings. The average Bonchev–Trinajstić information content (AvgIpc) is 2.73. The highest BCUT2D eigenvalue weighted by molar-refractivity contribution is 5.50. The number of nitrogens with one attached hydrogen (secondary N) is 1. The van der Waals surface area contributed by atoms with Crippen molar-refractivity contribution in [1.82, 2.24) is 10.2 Å². The van der Waals surface area contributed by atoms with Gasteiger partial charge in [0.2, 0.25) is 0 Å². The molecule has 0 radical (unpaired) electrons. The lowest BCUT2D eigenvalue weighted by molar-refractivity contribution is 0.0549. The van der Waals surface area contributed by atoms with E-state index >= 15 is 0 Å². The number of piperidine rings is 2. The van der Waals surface area contributed by atoms with Crippen molar-refractivity contribution in [1.29, 1.82) is 0 Å². The van der Waals surface area contributed by atoms with E-state index < -0.39 is 0 Å². The van der Waals surface area contributed by atoms with Crippen molar-refractivity contribution >= 4 is 0 Å². The molecule has 0 spiro atoms. The van der Waals surface area contributed by atoms with Gasteiger partial charge < -0.3 is 14.8 Å². The topological polar surface area (TPSA) is 33.7 Å². The first-order valence-corrected chi connectivity index (χ1v) is 11.7. The maximum Gasteiger partial charge on any atom is 0.161 e. The second kappa shape index (κ2) is 9.49. The number of rotatable bonds is 8. The molecule has 4 nitrogen and oxygen atoms in total. The Morgan fingerprint density at radius 2 is 1.82 bits per heavy atom. The molecule has 0 unspecified atom stereocenters. The molecular formula is C24H38N2O2. The third-order valence-corrected chi connectivity index (χ3v) is 6.86. The van der Waals surface area contributed by atoms with E-state index in [0.717, 1.165) is 62.7 Å². The Hall–Kier alpha value is -1.26. The van der Waals surface area contributed by atoms with E-state index in [1.165, 1.54) is 50.0 Å². The van der Waals surface area contributed by atoms with Gasteiger partial charge >= 0.3 is 0 Å². The maximum absolute atomic E-state index is 6.20. The van der Waals surface area contributed by atoms with Crippen LogP contribution in [0.1, 0.15) is 76.0 Å². The number of unbranched alkanes of at least 4 members (excludes halogenated alkanes) is 2. The second-order valence-corrected chi connectivity index (χ2v) is 8.86. The zero-order chi connectivity index (χ0) is 19.3. The van der Waals surface area contributed by atoms with Gasteiger partial charge in [-0.25, -0.2) is 0 Å². The number of ether oxygens (including phenoxy) is 2. The van der Waals surface area contributed by atoms with Gasteiger partial charge in [0.1, 0.15) is 0 Å². The second-order valence-electron chi connectivity index (χ2n) is 8.86. The molecule has 4 heteroatoms. The molecule has 1 N–H and O–H groups in total. The van der Waals surface area contributed by atoms with Crippen molar-refractivity contribution in [2.24, 2.45) is 5.92 Å². The Bertz CT molecular complexity index is 648. The van der Waals surface area contributed by atoms with Crippen LogP contribution in [0.5, 0.6) is 11.5 Å². The number of nitrogens with zero attached hydrogens (tertiary/aromatic N) is 1. The van der Waals surface area contributed by atoms with Gasteiger partial charge in [-0.05, 0) is 74.2 Å². The average molecular weight is 387 g/mol. The highest BCUT2D eigenvalue weighted by atomic mass is 16.5. The standard InChI is InChI=1S/C24H38N2O2/c1-3-5-12-27-23-14-18-9-11-26-17-19-8-7-10-25-21(19)16-22(26)20(18)15-24(23)28-13-6-4-2/h14-15,19,21-22,25H,3-13,16-17H2,1-2H3/t19-,21+,22+/m1/s1. The van der Waals surface area contributed by atoms with Crippen LogP contribution in [0.15, 0.2) is 12.1 Å². The normalized spacial score (nSPS) is 26.9. The van der Waals surface area contributed by atoms with E-state index in [1.54, 1.807) is 0 Å². The van der Waals surface area contributed by atoms with Crippen LogP contribution in [-0.2, 0) is 6.42 Å². The Kier molecular flexibility index (Phi) is 6.79. The van der Waals surface area contributed by atoms with Crippen LogP contribution in [0, 0.1) is 5.92 Å². The van der Waals surface area contributed by atoms with Gasteiger partial charge in [-0.2, -0.15) is 0 Å². The lowest BCUT2D eigenvalue weighted by Crippen LogP contribution is -2.54. The Morgan fingerprint density at radius 3 is 2.57 bits per heavy atom. The SMILES string of the molecule is CCCCOc1cc2c(cc1OCCCC)[C@@H]1C[C@@H]3NCCC[C@@H]3CN1CC2. The molecule has 156 valence electrons. The van der Waals surface area contributed by atoms with Gasteiger partial charge in [0.05, 0.1) is 13.2 Å². The lowest BCUT2D eigenvalue weighted by Gasteiger charge is -2.49. The number of hydrogen-bond acceptors (Lipinski definition) is 4. The summed E-state index contributed by atoms with van der Waals surface area (Å²) in [4.78, 5) is 2.74. The fourth-order valence-electron chi connectivity index (χ4n) is 5.19. The predicted molar refractivity (Wildman–Crippen MR) is 114 cm³/mol. The minimum Gasteiger partial charge on any atom is -0.490 e. The minimum atomic E-state index is 0.536. The summed E-state index contributed by atoms with van der Waals surface area (Å²) >= 11 is 0. The van der Waals surface area contributed by atoms with E-state index in [4.69, 9.17) is 9.47 Å². The van der Waals surface area contributed by atoms with Crippen molar-refractivity contribution in [3.63, 3.8) is 0 Å². The van der Waals surface area contributed by atoms with Gasteiger partial charge in [-0.15, -0.1) is 0 Å². The molecule has 0 aromatic heterocycles. The smallest absolute Gasteiger partial charge is 0.161 e. The molecule has 1 aromatic carbocycles. The van der Waals surface area contributed by atoms with Gasteiger partial charge in [0.15, 0.2) is 11.5 Å². The van der Waals surface area contributed by atoms with Crippen LogP contribution in [-0.4, -0.2) is 43.8 Å². The largest absolute Gasteiger partial charge is 0.490 e. The first kappa shape index (κ1) is 20.0. The van der Waals surface area contributed by atoms with Crippen molar-refractivity contribution in [3.05, 3.63) is 23.3 Å². The van der Waals surface area contributed by atoms with Gasteiger partial charge in [0.25, 0.3) is 0 Å². The molecule has 3 heterocycles. The quantitative estimate of drug-likeness (QED) is 0.656. The summed E-state index contributed by atoms with van der Waals surface area (Å²) in [7, 11) is 0. The monoisotopic (exact) mass is 386 g/mol. The number of fused-ring (bicyclic) bond motifs is 4. The van der Waals surface area contributed by atoms with Crippen LogP contribution >= 0.6 is 0 Å². The van der Waals surface area contributed by atoms with Gasteiger partial charge in [-0.1, -0.05) is 26.7 Å². The first-order chi connectivity index (χ1) is 13.8. The molecule has 3 aliphatic heterocycles. The molecule has 3 atom stereocenters. The third-order valence-electron chi connectivity index (χ3n) is 6.86. The highest BCUT2D eigenvalue weighted by Crippen LogP contribution is 2.44. The van der Waals surface area contributed by atoms with Crippen molar-refractivity contribution in [2.45, 2.75) is 77.3 Å². The van der Waals surface area contributed by atoms with E-state index in [9.17, 15) is 0 Å². The Balaban J connectivity index is 1.57. The van der Waals surface area contributed by atoms with Crippen LogP contribution < -0.4 is 14.8 Å². The summed E-state index contributed by atoms with van der Waals surface area (Å²) in [5, 5.41) is 3.80. The molecule has 1 aromatic rings. The van der Waals surface area contributed by atoms with Crippen molar-refractivity contribution in [2.75, 3.05) is 32.8 Å². The van der Waals surface area contributed by atoms with Crippen LogP contribution in [0.3, 0.4) is 0 Å². The van der Waals surface area contributed by atoms with Crippen LogP contribution in [0.25, 0.3) is 0 Å². The lowest BCUT2D eigenvalue weighted by atomic mass is 9.77. The summed E-state index contributed by atoms with van der Waals surface area (Å²) in [6, 6.07) is 5.84. The fourth-order valence-corrected chi connectivity index (χ4v) is 5.19. The molecule has 2 saturated heterocycles. The van der Waals surface area contributed by atoms with Crippen molar-refractivity contribution in [3.8, 4) is 11.5 Å². The number of benzene rings is 1. The minimum absolute atomic E-state index is 0.536. The van der Waals surface area contributed by atoms with Crippen molar-refractivity contribution < 1.29 is 9.47 Å². The summed E-state index contributed by atoms with van der Waals surface area (Å²) in [6.45, 7) is 9.61. The summed E-state index contributed by atoms with van der Waals surface area (Å²) in [5.74, 6) is 2.76. The Labute approximate surface area is 171 Å². The molecule has 0 amide bonds. The van der Waals surface area contributed by atoms with E-state index in [2.05, 4.69) is 36.2 Å². The molecule has 0 aliphatic carbocycles. The Morgan fingerprint density at radius 1 is 1.07 bits per heavy atom. The summed E-state index contributed by atoms with van der Waals surface area (Å²) in [6.07, 6.45) is 9.60. The fraction of sp³-hybridized carbons (Fsp3) is 0.750. The zero-order valence-electron chi connectivity index (χ0n) is 17.8. The number of hydrogen-bond donors (Lipinski definition) is 1. The molecule has 0 bridgehead atoms. The molecule has 28 heavy (non-hydrogen) atoms. The van der Waals surface area contributed by atoms with E-state index in [-0.39, 0.29) is 0 Å². The molecule has 4 rings (SSSR count). The molecular weight excluding hydrogens is 348 g/mol. The summed E-state index contributed by atoms with van der Waals surface area (Å²) in [5.41, 5.74) is 2.97. The van der Waals surface area contributed by atoms with Gasteiger partial charge in [0, 0.05) is 25.2 Å². The maximum atomic E-state index is 6.20. The van der Waals surface area contributed by atoms with E-state index in [0.29, 0.717) is 12.1 Å². The van der Waals surface area contributed by atoms with Gasteiger partial charge in [-0.3, -0.25) is 4.90 Å². The first-order valence-electron chi connectivity index (χ1n) is 11.7. The molecule has 3 aliphatic rings. The van der Waals surface area contributed by atoms with E-state index in [1.807, 2.05) is 0 Å². The third kappa shape index (κ3) is 4.33. The van der Waals surface area contributed by atoms with Crippen LogP contribution in [0.2, 0.25) is 0 Å². The summed E-state index contributed by atoms with van der Waals surface area (Å²) < 4.78 is 12.3. The highest BCUT2D eigenvalue weighted by Gasteiger charge is 2.40. The zero-order valence-corrected chi connectivity index (χ0v) is 17.8. The molecule has 0 saturated carbocycles. The predicted octanol–water partition coefficient (Wildman–Crippen LogP) is 4.72. The van der Waals surface area contributed by atoms with Crippen LogP contribution in [0.4, 0.5) is 0 Å².